The predicted molar refractivity (Wildman–Crippen MR) is 48.0 cm³/mol. The fourth-order valence-corrected chi connectivity index (χ4v) is 0.833. The fourth-order valence-electron chi connectivity index (χ4n) is 0.833. The van der Waals surface area contributed by atoms with Crippen molar-refractivity contribution >= 4 is 5.82 Å². The van der Waals surface area contributed by atoms with E-state index in [-0.39, 0.29) is 11.7 Å². The lowest BCUT2D eigenvalue weighted by molar-refractivity contribution is -0.117. The molecule has 0 radical (unpaired) electrons. The predicted octanol–water partition coefficient (Wildman–Crippen LogP) is 1.80. The Labute approximate surface area is 88.7 Å². The molecule has 0 saturated carbocycles. The molecule has 0 saturated heterocycles. The van der Waals surface area contributed by atoms with Crippen LogP contribution in [-0.4, -0.2) is 36.0 Å². The molecule has 1 rings (SSSR count). The zero-order valence-corrected chi connectivity index (χ0v) is 8.25. The Balaban J connectivity index is 2.60. The molecule has 1 aromatic rings. The van der Waals surface area contributed by atoms with Gasteiger partial charge in [0.1, 0.15) is 12.1 Å². The summed E-state index contributed by atoms with van der Waals surface area (Å²) in [7, 11) is 1.33. The second-order valence-corrected chi connectivity index (χ2v) is 2.86. The summed E-state index contributed by atoms with van der Waals surface area (Å²) in [5.41, 5.74) is 0. The second kappa shape index (κ2) is 4.95. The van der Waals surface area contributed by atoms with Crippen LogP contribution < -0.4 is 10.1 Å². The molecule has 90 valence electrons. The number of ether oxygens (including phenoxy) is 1. The van der Waals surface area contributed by atoms with Gasteiger partial charge in [-0.25, -0.2) is 18.7 Å². The second-order valence-electron chi connectivity index (χ2n) is 2.86. The van der Waals surface area contributed by atoms with E-state index in [0.717, 1.165) is 6.33 Å². The van der Waals surface area contributed by atoms with Gasteiger partial charge in [-0.2, -0.15) is 8.78 Å². The average Bonchev–Trinajstić information content (AvgIpc) is 2.26. The van der Waals surface area contributed by atoms with E-state index < -0.39 is 18.9 Å². The van der Waals surface area contributed by atoms with Crippen LogP contribution in [-0.2, 0) is 0 Å². The van der Waals surface area contributed by atoms with Crippen LogP contribution in [0.15, 0.2) is 12.4 Å². The molecule has 0 aromatic carbocycles. The summed E-state index contributed by atoms with van der Waals surface area (Å²) < 4.78 is 53.4. The zero-order chi connectivity index (χ0) is 12.2. The molecule has 1 heterocycles. The average molecular weight is 239 g/mol. The number of nitrogens with one attached hydrogen (secondary N) is 1. The Hall–Kier alpha value is -1.60. The molecule has 0 spiro atoms. The zero-order valence-electron chi connectivity index (χ0n) is 8.25. The highest BCUT2D eigenvalue weighted by Crippen LogP contribution is 2.23. The number of halogens is 4. The van der Waals surface area contributed by atoms with E-state index in [1.54, 1.807) is 0 Å². The standard InChI is InChI=1S/C8H9F4N3O/c1-16-6-2-5(14-4-15-6)13-3-8(11,12)7(9)10/h2,4,7H,3H2,1H3,(H,13,14,15). The lowest BCUT2D eigenvalue weighted by atomic mass is 10.3. The van der Waals surface area contributed by atoms with Crippen LogP contribution in [0.25, 0.3) is 0 Å². The fraction of sp³-hybridized carbons (Fsp3) is 0.500. The van der Waals surface area contributed by atoms with Crippen LogP contribution in [0, 0.1) is 0 Å². The minimum atomic E-state index is -4.10. The van der Waals surface area contributed by atoms with Crippen LogP contribution in [0.1, 0.15) is 0 Å². The summed E-state index contributed by atoms with van der Waals surface area (Å²) in [6.07, 6.45) is -2.65. The molecule has 16 heavy (non-hydrogen) atoms. The van der Waals surface area contributed by atoms with E-state index in [9.17, 15) is 17.6 Å². The molecular formula is C8H9F4N3O. The van der Waals surface area contributed by atoms with Crippen molar-refractivity contribution in [1.82, 2.24) is 9.97 Å². The molecule has 1 N–H and O–H groups in total. The highest BCUT2D eigenvalue weighted by molar-refractivity contribution is 5.37. The van der Waals surface area contributed by atoms with E-state index in [4.69, 9.17) is 4.74 Å². The third-order valence-electron chi connectivity index (χ3n) is 1.68. The quantitative estimate of drug-likeness (QED) is 0.796. The van der Waals surface area contributed by atoms with Crippen molar-refractivity contribution in [3.05, 3.63) is 12.4 Å². The molecule has 0 atom stereocenters. The van der Waals surface area contributed by atoms with Crippen LogP contribution in [0.5, 0.6) is 5.88 Å². The van der Waals surface area contributed by atoms with Gasteiger partial charge in [-0.05, 0) is 0 Å². The van der Waals surface area contributed by atoms with Gasteiger partial charge in [0.05, 0.1) is 13.7 Å². The van der Waals surface area contributed by atoms with Crippen molar-refractivity contribution in [2.75, 3.05) is 19.0 Å². The maximum Gasteiger partial charge on any atom is 0.324 e. The third-order valence-corrected chi connectivity index (χ3v) is 1.68. The van der Waals surface area contributed by atoms with Gasteiger partial charge in [-0.1, -0.05) is 0 Å². The van der Waals surface area contributed by atoms with Crippen LogP contribution >= 0.6 is 0 Å². The number of alkyl halides is 4. The summed E-state index contributed by atoms with van der Waals surface area (Å²) in [4.78, 5) is 7.20. The molecule has 0 bridgehead atoms. The Morgan fingerprint density at radius 2 is 2.12 bits per heavy atom. The number of hydrogen-bond acceptors (Lipinski definition) is 4. The molecule has 0 fully saturated rings. The van der Waals surface area contributed by atoms with Gasteiger partial charge in [0, 0.05) is 6.07 Å². The topological polar surface area (TPSA) is 47.0 Å². The van der Waals surface area contributed by atoms with Gasteiger partial charge >= 0.3 is 12.3 Å². The van der Waals surface area contributed by atoms with Crippen molar-refractivity contribution in [2.45, 2.75) is 12.3 Å². The van der Waals surface area contributed by atoms with E-state index in [1.807, 2.05) is 0 Å². The molecule has 0 aliphatic carbocycles. The van der Waals surface area contributed by atoms with Gasteiger partial charge in [0.2, 0.25) is 5.88 Å². The van der Waals surface area contributed by atoms with Crippen molar-refractivity contribution in [3.63, 3.8) is 0 Å². The Morgan fingerprint density at radius 1 is 1.44 bits per heavy atom. The lowest BCUT2D eigenvalue weighted by Gasteiger charge is -2.15. The molecular weight excluding hydrogens is 230 g/mol. The van der Waals surface area contributed by atoms with E-state index in [2.05, 4.69) is 15.3 Å². The maximum atomic E-state index is 12.5. The minimum Gasteiger partial charge on any atom is -0.481 e. The van der Waals surface area contributed by atoms with Crippen LogP contribution in [0.3, 0.4) is 0 Å². The van der Waals surface area contributed by atoms with Crippen LogP contribution in [0.4, 0.5) is 23.4 Å². The van der Waals surface area contributed by atoms with Gasteiger partial charge < -0.3 is 10.1 Å². The summed E-state index contributed by atoms with van der Waals surface area (Å²) >= 11 is 0. The highest BCUT2D eigenvalue weighted by Gasteiger charge is 2.40. The van der Waals surface area contributed by atoms with E-state index >= 15 is 0 Å². The van der Waals surface area contributed by atoms with Crippen molar-refractivity contribution in [3.8, 4) is 5.88 Å². The summed E-state index contributed by atoms with van der Waals surface area (Å²) in [5.74, 6) is -3.96. The smallest absolute Gasteiger partial charge is 0.324 e. The van der Waals surface area contributed by atoms with Crippen LogP contribution in [0.2, 0.25) is 0 Å². The van der Waals surface area contributed by atoms with Gasteiger partial charge in [-0.15, -0.1) is 0 Å². The number of anilines is 1. The number of aromatic nitrogens is 2. The van der Waals surface area contributed by atoms with E-state index in [0.29, 0.717) is 0 Å². The molecule has 0 aliphatic rings. The largest absolute Gasteiger partial charge is 0.481 e. The van der Waals surface area contributed by atoms with Gasteiger partial charge in [0.25, 0.3) is 0 Å². The number of nitrogens with zero attached hydrogens (tertiary/aromatic N) is 2. The normalized spacial score (nSPS) is 11.6. The Bertz CT molecular complexity index is 348. The molecule has 8 heteroatoms. The van der Waals surface area contributed by atoms with E-state index in [1.165, 1.54) is 13.2 Å². The van der Waals surface area contributed by atoms with Gasteiger partial charge in [-0.3, -0.25) is 0 Å². The SMILES string of the molecule is COc1cc(NCC(F)(F)C(F)F)ncn1. The number of rotatable bonds is 5. The first-order valence-corrected chi connectivity index (χ1v) is 4.21. The number of hydrogen-bond donors (Lipinski definition) is 1. The first kappa shape index (κ1) is 12.5. The van der Waals surface area contributed by atoms with Gasteiger partial charge in [0.15, 0.2) is 0 Å². The van der Waals surface area contributed by atoms with Crippen molar-refractivity contribution in [1.29, 1.82) is 0 Å². The summed E-state index contributed by atoms with van der Waals surface area (Å²) in [6.45, 7) is -1.20. The Morgan fingerprint density at radius 3 is 2.69 bits per heavy atom. The Kier molecular flexibility index (Phi) is 3.86. The maximum absolute atomic E-state index is 12.5. The molecule has 0 unspecified atom stereocenters. The van der Waals surface area contributed by atoms with Crippen molar-refractivity contribution < 1.29 is 22.3 Å². The highest BCUT2D eigenvalue weighted by atomic mass is 19.3. The molecule has 4 nitrogen and oxygen atoms in total. The molecule has 0 amide bonds. The van der Waals surface area contributed by atoms with Crippen molar-refractivity contribution in [2.24, 2.45) is 0 Å². The summed E-state index contributed by atoms with van der Waals surface area (Å²) in [5, 5.41) is 2.08. The third kappa shape index (κ3) is 3.21. The lowest BCUT2D eigenvalue weighted by Crippen LogP contribution is -2.35. The monoisotopic (exact) mass is 239 g/mol. The first-order valence-electron chi connectivity index (χ1n) is 4.21. The number of methoxy groups -OCH3 is 1. The first-order chi connectivity index (χ1) is 7.45. The summed E-state index contributed by atoms with van der Waals surface area (Å²) in [6, 6.07) is 1.22. The molecule has 1 aromatic heterocycles. The minimum absolute atomic E-state index is 0.00725. The molecule has 0 aliphatic heterocycles.